The number of nitrogens with one attached hydrogen (secondary N) is 3. The summed E-state index contributed by atoms with van der Waals surface area (Å²) in [5.74, 6) is -4.29. The Morgan fingerprint density at radius 1 is 1.06 bits per heavy atom. The lowest BCUT2D eigenvalue weighted by Crippen LogP contribution is -2.61. The topological polar surface area (TPSA) is 230 Å². The number of rotatable bonds is 8. The van der Waals surface area contributed by atoms with Crippen LogP contribution in [0.1, 0.15) is 35.3 Å². The monoisotopic (exact) mass is 499 g/mol. The zero-order valence-electron chi connectivity index (χ0n) is 19.5. The number of Topliss-reactive ketones (excluding diaryl/α,β-unsaturated/α-hetero) is 2. The summed E-state index contributed by atoms with van der Waals surface area (Å²) < 4.78 is 1.32. The SMILES string of the molecule is NCCCC[C@H](N)C(=O)[C@@H]1NC(=O)[C@H](C(=O)CN)NC(=O)c2ccccc2-n2cc(nn2)CNC1=O. The summed E-state index contributed by atoms with van der Waals surface area (Å²) in [5.41, 5.74) is 17.7. The number of carbonyl (C=O) groups excluding carboxylic acids is 5. The first-order valence-electron chi connectivity index (χ1n) is 11.4. The molecule has 0 radical (unpaired) electrons. The fourth-order valence-electron chi connectivity index (χ4n) is 3.62. The van der Waals surface area contributed by atoms with Crippen molar-refractivity contribution < 1.29 is 24.0 Å². The Hall–Kier alpha value is -4.01. The van der Waals surface area contributed by atoms with E-state index in [0.717, 1.165) is 0 Å². The van der Waals surface area contributed by atoms with Gasteiger partial charge < -0.3 is 33.2 Å². The maximum absolute atomic E-state index is 13.1. The predicted octanol–water partition coefficient (Wildman–Crippen LogP) is -2.97. The Labute approximate surface area is 206 Å². The van der Waals surface area contributed by atoms with Gasteiger partial charge in [0.1, 0.15) is 5.69 Å². The molecule has 14 nitrogen and oxygen atoms in total. The molecule has 1 aliphatic heterocycles. The molecule has 2 aromatic rings. The van der Waals surface area contributed by atoms with E-state index in [2.05, 4.69) is 26.3 Å². The number of nitrogens with zero attached hydrogens (tertiary/aromatic N) is 3. The second-order valence-electron chi connectivity index (χ2n) is 8.20. The van der Waals surface area contributed by atoms with Gasteiger partial charge in [0.2, 0.25) is 0 Å². The van der Waals surface area contributed by atoms with Crippen molar-refractivity contribution in [2.45, 2.75) is 43.9 Å². The van der Waals surface area contributed by atoms with E-state index in [9.17, 15) is 24.0 Å². The van der Waals surface area contributed by atoms with Crippen LogP contribution >= 0.6 is 0 Å². The summed E-state index contributed by atoms with van der Waals surface area (Å²) in [7, 11) is 0. The quantitative estimate of drug-likeness (QED) is 0.159. The van der Waals surface area contributed by atoms with Crippen molar-refractivity contribution in [2.24, 2.45) is 17.2 Å². The summed E-state index contributed by atoms with van der Waals surface area (Å²) in [5, 5.41) is 15.1. The summed E-state index contributed by atoms with van der Waals surface area (Å²) in [6, 6.07) is 1.78. The number of hydrogen-bond donors (Lipinski definition) is 6. The van der Waals surface area contributed by atoms with E-state index in [1.807, 2.05) is 0 Å². The highest BCUT2D eigenvalue weighted by atomic mass is 16.2. The summed E-state index contributed by atoms with van der Waals surface area (Å²) in [4.78, 5) is 64.6. The molecule has 1 aliphatic rings. The van der Waals surface area contributed by atoms with Gasteiger partial charge in [-0.05, 0) is 31.5 Å². The highest BCUT2D eigenvalue weighted by molar-refractivity contribution is 6.15. The van der Waals surface area contributed by atoms with Crippen molar-refractivity contribution in [2.75, 3.05) is 13.1 Å². The van der Waals surface area contributed by atoms with Crippen LogP contribution in [-0.2, 0) is 25.7 Å². The van der Waals surface area contributed by atoms with E-state index >= 15 is 0 Å². The highest BCUT2D eigenvalue weighted by Crippen LogP contribution is 2.15. The third-order valence-corrected chi connectivity index (χ3v) is 5.61. The minimum Gasteiger partial charge on any atom is -0.348 e. The van der Waals surface area contributed by atoms with Gasteiger partial charge in [0.05, 0.1) is 36.6 Å². The number of carbonyl (C=O) groups is 5. The Balaban J connectivity index is 1.99. The maximum atomic E-state index is 13.1. The van der Waals surface area contributed by atoms with E-state index in [4.69, 9.17) is 17.2 Å². The van der Waals surface area contributed by atoms with Crippen molar-refractivity contribution in [3.8, 4) is 5.69 Å². The molecule has 9 N–H and O–H groups in total. The smallest absolute Gasteiger partial charge is 0.254 e. The normalized spacial score (nSPS) is 19.2. The fraction of sp³-hybridized carbons (Fsp3) is 0.409. The summed E-state index contributed by atoms with van der Waals surface area (Å²) in [6.07, 6.45) is 2.90. The Morgan fingerprint density at radius 2 is 1.81 bits per heavy atom. The van der Waals surface area contributed by atoms with Crippen LogP contribution in [0.4, 0.5) is 0 Å². The van der Waals surface area contributed by atoms with Gasteiger partial charge in [0, 0.05) is 0 Å². The fourth-order valence-corrected chi connectivity index (χ4v) is 3.62. The minimum absolute atomic E-state index is 0.104. The molecule has 0 spiro atoms. The largest absolute Gasteiger partial charge is 0.348 e. The molecule has 36 heavy (non-hydrogen) atoms. The number of aromatic nitrogens is 3. The second kappa shape index (κ2) is 12.1. The zero-order valence-corrected chi connectivity index (χ0v) is 19.5. The van der Waals surface area contributed by atoms with Crippen molar-refractivity contribution in [3.05, 3.63) is 41.7 Å². The molecule has 1 aromatic carbocycles. The zero-order chi connectivity index (χ0) is 26.2. The van der Waals surface area contributed by atoms with E-state index in [1.165, 1.54) is 16.9 Å². The molecular weight excluding hydrogens is 470 g/mol. The molecule has 1 aromatic heterocycles. The Kier molecular flexibility index (Phi) is 8.94. The van der Waals surface area contributed by atoms with Crippen LogP contribution in [0.3, 0.4) is 0 Å². The minimum atomic E-state index is -1.76. The van der Waals surface area contributed by atoms with Crippen molar-refractivity contribution in [1.82, 2.24) is 30.9 Å². The van der Waals surface area contributed by atoms with E-state index in [1.54, 1.807) is 18.2 Å². The van der Waals surface area contributed by atoms with Crippen molar-refractivity contribution >= 4 is 29.3 Å². The molecule has 3 atom stereocenters. The number of nitrogens with two attached hydrogens (primary N) is 3. The average molecular weight is 500 g/mol. The van der Waals surface area contributed by atoms with Crippen molar-refractivity contribution in [1.29, 1.82) is 0 Å². The van der Waals surface area contributed by atoms with Gasteiger partial charge in [-0.2, -0.15) is 0 Å². The van der Waals surface area contributed by atoms with Crippen LogP contribution in [0, 0.1) is 0 Å². The lowest BCUT2D eigenvalue weighted by atomic mass is 9.99. The Morgan fingerprint density at radius 3 is 2.53 bits per heavy atom. The number of benzene rings is 1. The van der Waals surface area contributed by atoms with Crippen LogP contribution in [0.2, 0.25) is 0 Å². The van der Waals surface area contributed by atoms with Gasteiger partial charge in [-0.15, -0.1) is 5.10 Å². The lowest BCUT2D eigenvalue weighted by molar-refractivity contribution is -0.139. The molecule has 14 heteroatoms. The van der Waals surface area contributed by atoms with Gasteiger partial charge in [0.15, 0.2) is 23.7 Å². The van der Waals surface area contributed by atoms with Gasteiger partial charge in [-0.1, -0.05) is 23.8 Å². The predicted molar refractivity (Wildman–Crippen MR) is 126 cm³/mol. The van der Waals surface area contributed by atoms with Crippen molar-refractivity contribution in [3.63, 3.8) is 0 Å². The molecule has 0 aliphatic carbocycles. The molecule has 0 fully saturated rings. The van der Waals surface area contributed by atoms with Gasteiger partial charge in [-0.3, -0.25) is 24.0 Å². The molecule has 0 saturated carbocycles. The molecule has 0 saturated heterocycles. The molecule has 192 valence electrons. The molecule has 0 unspecified atom stereocenters. The number of para-hydroxylation sites is 1. The molecule has 2 bridgehead atoms. The number of amides is 3. The van der Waals surface area contributed by atoms with Crippen LogP contribution in [0.5, 0.6) is 0 Å². The third kappa shape index (κ3) is 6.16. The van der Waals surface area contributed by atoms with E-state index < -0.39 is 54.0 Å². The highest BCUT2D eigenvalue weighted by Gasteiger charge is 2.36. The van der Waals surface area contributed by atoms with Crippen LogP contribution in [-0.4, -0.2) is 75.5 Å². The first kappa shape index (κ1) is 26.6. The maximum Gasteiger partial charge on any atom is 0.254 e. The lowest BCUT2D eigenvalue weighted by Gasteiger charge is -2.24. The van der Waals surface area contributed by atoms with Gasteiger partial charge in [0.25, 0.3) is 17.7 Å². The van der Waals surface area contributed by atoms with E-state index in [-0.39, 0.29) is 18.5 Å². The van der Waals surface area contributed by atoms with Crippen LogP contribution in [0.15, 0.2) is 30.5 Å². The third-order valence-electron chi connectivity index (χ3n) is 5.61. The second-order valence-corrected chi connectivity index (χ2v) is 8.20. The number of ketones is 2. The molecule has 2 heterocycles. The Bertz CT molecular complexity index is 1150. The number of hydrogen-bond acceptors (Lipinski definition) is 10. The van der Waals surface area contributed by atoms with E-state index in [0.29, 0.717) is 30.8 Å². The number of unbranched alkanes of at least 4 members (excludes halogenated alkanes) is 1. The van der Waals surface area contributed by atoms with Crippen LogP contribution in [0.25, 0.3) is 5.69 Å². The van der Waals surface area contributed by atoms with Gasteiger partial charge in [-0.25, -0.2) is 4.68 Å². The molecule has 3 rings (SSSR count). The number of fused-ring (bicyclic) bond motifs is 4. The molecular formula is C22H29N9O5. The van der Waals surface area contributed by atoms with Gasteiger partial charge >= 0.3 is 0 Å². The standard InChI is InChI=1S/C22H29N9O5/c23-8-4-3-6-14(25)19(33)18-21(35)26-10-12-11-31(30-29-12)15-7-2-1-5-13(15)20(34)27-17(16(32)9-24)22(36)28-18/h1-2,5,7,11,14,17-18H,3-4,6,8-10,23-25H2,(H,26,35)(H,27,34)(H,28,36)/t14-,17-,18-/m0/s1. The first-order valence-corrected chi connectivity index (χ1v) is 11.4. The first-order chi connectivity index (χ1) is 17.3. The van der Waals surface area contributed by atoms with Crippen LogP contribution < -0.4 is 33.2 Å². The summed E-state index contributed by atoms with van der Waals surface area (Å²) >= 11 is 0. The molecule has 3 amide bonds. The average Bonchev–Trinajstić information content (AvgIpc) is 3.36. The summed E-state index contributed by atoms with van der Waals surface area (Å²) in [6.45, 7) is -0.287.